The van der Waals surface area contributed by atoms with Gasteiger partial charge in [0.2, 0.25) is 0 Å². The second-order valence-corrected chi connectivity index (χ2v) is 19.2. The molecule has 0 rings (SSSR count). The SMILES string of the molecule is CC/C=C\C/C=C\C/C=C\C/C=C\C/C=C\C/C=C\CCC(=O)OC[C@H](COC(=O)CCCCCCCCC/C=C\CCCCCC)OC(=O)CCCCCCCCCCCCCCCCCCC. The first-order valence-electron chi connectivity index (χ1n) is 29.1. The van der Waals surface area contributed by atoms with Crippen LogP contribution in [0.25, 0.3) is 0 Å². The van der Waals surface area contributed by atoms with Gasteiger partial charge in [-0.25, -0.2) is 0 Å². The normalized spacial score (nSPS) is 12.7. The van der Waals surface area contributed by atoms with E-state index in [0.717, 1.165) is 77.0 Å². The molecule has 0 aromatic rings. The van der Waals surface area contributed by atoms with Crippen molar-refractivity contribution < 1.29 is 28.6 Å². The predicted molar refractivity (Wildman–Crippen MR) is 297 cm³/mol. The fourth-order valence-corrected chi connectivity index (χ4v) is 8.05. The van der Waals surface area contributed by atoms with Crippen LogP contribution in [0.15, 0.2) is 85.1 Å². The Kier molecular flexibility index (Phi) is 54.3. The molecule has 0 bridgehead atoms. The highest BCUT2D eigenvalue weighted by Crippen LogP contribution is 2.16. The first-order valence-corrected chi connectivity index (χ1v) is 29.1. The van der Waals surface area contributed by atoms with E-state index in [4.69, 9.17) is 14.2 Å². The summed E-state index contributed by atoms with van der Waals surface area (Å²) in [6.07, 6.45) is 74.4. The van der Waals surface area contributed by atoms with Gasteiger partial charge in [-0.3, -0.25) is 14.4 Å². The maximum atomic E-state index is 12.9. The summed E-state index contributed by atoms with van der Waals surface area (Å²) >= 11 is 0. The second-order valence-electron chi connectivity index (χ2n) is 19.2. The number of esters is 3. The first kappa shape index (κ1) is 65.6. The number of rotatable bonds is 52. The van der Waals surface area contributed by atoms with Crippen molar-refractivity contribution >= 4 is 17.9 Å². The van der Waals surface area contributed by atoms with Crippen molar-refractivity contribution in [3.05, 3.63) is 85.1 Å². The van der Waals surface area contributed by atoms with Gasteiger partial charge < -0.3 is 14.2 Å². The monoisotopic (exact) mass is 961 g/mol. The first-order chi connectivity index (χ1) is 34.0. The number of unbranched alkanes of at least 4 members (excludes halogenated alkanes) is 27. The zero-order chi connectivity index (χ0) is 50.0. The minimum absolute atomic E-state index is 0.1000. The van der Waals surface area contributed by atoms with E-state index in [0.29, 0.717) is 19.3 Å². The van der Waals surface area contributed by atoms with Crippen LogP contribution in [0.2, 0.25) is 0 Å². The van der Waals surface area contributed by atoms with Gasteiger partial charge in [0, 0.05) is 19.3 Å². The van der Waals surface area contributed by atoms with Crippen molar-refractivity contribution in [2.75, 3.05) is 13.2 Å². The number of ether oxygens (including phenoxy) is 3. The quantitative estimate of drug-likeness (QED) is 0.0262. The van der Waals surface area contributed by atoms with E-state index in [1.165, 1.54) is 154 Å². The number of hydrogen-bond donors (Lipinski definition) is 0. The average Bonchev–Trinajstić information content (AvgIpc) is 3.35. The molecule has 0 amide bonds. The van der Waals surface area contributed by atoms with Gasteiger partial charge in [-0.1, -0.05) is 260 Å². The molecular formula is C63H108O6. The fourth-order valence-electron chi connectivity index (χ4n) is 8.05. The summed E-state index contributed by atoms with van der Waals surface area (Å²) in [6, 6.07) is 0. The Morgan fingerprint density at radius 2 is 0.594 bits per heavy atom. The van der Waals surface area contributed by atoms with Crippen LogP contribution in [-0.2, 0) is 28.6 Å². The molecule has 0 aliphatic carbocycles. The summed E-state index contributed by atoms with van der Waals surface area (Å²) in [5.41, 5.74) is 0. The highest BCUT2D eigenvalue weighted by atomic mass is 16.6. The Bertz CT molecular complexity index is 1330. The van der Waals surface area contributed by atoms with Crippen LogP contribution in [0.1, 0.15) is 278 Å². The smallest absolute Gasteiger partial charge is 0.306 e. The van der Waals surface area contributed by atoms with Crippen LogP contribution < -0.4 is 0 Å². The van der Waals surface area contributed by atoms with Crippen LogP contribution in [0, 0.1) is 0 Å². The highest BCUT2D eigenvalue weighted by Gasteiger charge is 2.19. The maximum absolute atomic E-state index is 12.9. The molecule has 0 fully saturated rings. The molecule has 0 aromatic carbocycles. The van der Waals surface area contributed by atoms with E-state index < -0.39 is 6.10 Å². The molecule has 0 saturated carbocycles. The van der Waals surface area contributed by atoms with Gasteiger partial charge in [0.1, 0.15) is 13.2 Å². The van der Waals surface area contributed by atoms with Crippen molar-refractivity contribution in [3.63, 3.8) is 0 Å². The topological polar surface area (TPSA) is 78.9 Å². The van der Waals surface area contributed by atoms with Crippen LogP contribution in [0.4, 0.5) is 0 Å². The highest BCUT2D eigenvalue weighted by molar-refractivity contribution is 5.71. The zero-order valence-electron chi connectivity index (χ0n) is 45.3. The molecule has 0 saturated heterocycles. The Labute approximate surface area is 426 Å². The van der Waals surface area contributed by atoms with Crippen LogP contribution in [0.3, 0.4) is 0 Å². The molecule has 396 valence electrons. The molecule has 6 nitrogen and oxygen atoms in total. The Morgan fingerprint density at radius 1 is 0.304 bits per heavy atom. The number of carbonyl (C=O) groups excluding carboxylic acids is 3. The summed E-state index contributed by atoms with van der Waals surface area (Å²) in [5, 5.41) is 0. The van der Waals surface area contributed by atoms with Gasteiger partial charge in [0.05, 0.1) is 0 Å². The minimum Gasteiger partial charge on any atom is -0.462 e. The third-order valence-electron chi connectivity index (χ3n) is 12.4. The molecule has 0 spiro atoms. The molecule has 0 aromatic heterocycles. The van der Waals surface area contributed by atoms with Crippen molar-refractivity contribution in [1.29, 1.82) is 0 Å². The molecule has 0 heterocycles. The van der Waals surface area contributed by atoms with Gasteiger partial charge in [-0.05, 0) is 83.5 Å². The Hall–Kier alpha value is -3.41. The van der Waals surface area contributed by atoms with Crippen molar-refractivity contribution in [2.45, 2.75) is 284 Å². The standard InChI is InChI=1S/C63H108O6/c1-4-7-10-13-16-19-22-25-28-30-31-33-35-38-41-44-47-50-53-56-62(65)68-59-60(58-67-61(64)55-52-49-46-43-40-37-34-27-24-21-18-15-12-9-6-3)69-63(66)57-54-51-48-45-42-39-36-32-29-26-23-20-17-14-11-8-5-2/h7,10,16,19,21,24-25,28,31,33,38,41,47,50,60H,4-6,8-9,11-15,17-18,20,22-23,26-27,29-30,32,34-37,39-40,42-46,48-49,51-59H2,1-3H3/b10-7-,19-16-,24-21-,28-25-,33-31-,41-38-,50-47-/t60-/m0/s1. The summed E-state index contributed by atoms with van der Waals surface area (Å²) in [7, 11) is 0. The van der Waals surface area contributed by atoms with Gasteiger partial charge >= 0.3 is 17.9 Å². The van der Waals surface area contributed by atoms with Gasteiger partial charge in [0.25, 0.3) is 0 Å². The molecule has 0 radical (unpaired) electrons. The third kappa shape index (κ3) is 55.4. The lowest BCUT2D eigenvalue weighted by Crippen LogP contribution is -2.30. The number of allylic oxidation sites excluding steroid dienone is 14. The second kappa shape index (κ2) is 57.2. The third-order valence-corrected chi connectivity index (χ3v) is 12.4. The van der Waals surface area contributed by atoms with E-state index in [-0.39, 0.29) is 37.5 Å². The molecule has 0 unspecified atom stereocenters. The summed E-state index contributed by atoms with van der Waals surface area (Å²) < 4.78 is 16.8. The van der Waals surface area contributed by atoms with Crippen LogP contribution >= 0.6 is 0 Å². The molecule has 0 aliphatic rings. The van der Waals surface area contributed by atoms with Crippen molar-refractivity contribution in [3.8, 4) is 0 Å². The van der Waals surface area contributed by atoms with Gasteiger partial charge in [0.15, 0.2) is 6.10 Å². The largest absolute Gasteiger partial charge is 0.462 e. The number of hydrogen-bond acceptors (Lipinski definition) is 6. The summed E-state index contributed by atoms with van der Waals surface area (Å²) in [5.74, 6) is -0.983. The Morgan fingerprint density at radius 3 is 0.986 bits per heavy atom. The maximum Gasteiger partial charge on any atom is 0.306 e. The lowest BCUT2D eigenvalue weighted by atomic mass is 10.0. The van der Waals surface area contributed by atoms with E-state index >= 15 is 0 Å². The van der Waals surface area contributed by atoms with E-state index in [1.54, 1.807) is 0 Å². The van der Waals surface area contributed by atoms with Crippen molar-refractivity contribution in [1.82, 2.24) is 0 Å². The zero-order valence-corrected chi connectivity index (χ0v) is 45.3. The molecule has 0 aliphatic heterocycles. The lowest BCUT2D eigenvalue weighted by molar-refractivity contribution is -0.166. The minimum atomic E-state index is -0.807. The fraction of sp³-hybridized carbons (Fsp3) is 0.730. The average molecular weight is 962 g/mol. The molecule has 6 heteroatoms. The Balaban J connectivity index is 4.48. The summed E-state index contributed by atoms with van der Waals surface area (Å²) in [6.45, 7) is 6.47. The number of carbonyl (C=O) groups is 3. The summed E-state index contributed by atoms with van der Waals surface area (Å²) in [4.78, 5) is 38.1. The molecule has 1 atom stereocenters. The molecule has 0 N–H and O–H groups in total. The van der Waals surface area contributed by atoms with Gasteiger partial charge in [-0.2, -0.15) is 0 Å². The van der Waals surface area contributed by atoms with E-state index in [9.17, 15) is 14.4 Å². The van der Waals surface area contributed by atoms with Crippen LogP contribution in [-0.4, -0.2) is 37.2 Å². The van der Waals surface area contributed by atoms with Crippen LogP contribution in [0.5, 0.6) is 0 Å². The van der Waals surface area contributed by atoms with Gasteiger partial charge in [-0.15, -0.1) is 0 Å². The van der Waals surface area contributed by atoms with E-state index in [2.05, 4.69) is 99.8 Å². The molecule has 69 heavy (non-hydrogen) atoms. The molecular weight excluding hydrogens is 853 g/mol. The predicted octanol–water partition coefficient (Wildman–Crippen LogP) is 19.5. The van der Waals surface area contributed by atoms with Crippen molar-refractivity contribution in [2.24, 2.45) is 0 Å². The lowest BCUT2D eigenvalue weighted by Gasteiger charge is -2.18. The van der Waals surface area contributed by atoms with E-state index in [1.807, 2.05) is 6.08 Å².